The zero-order valence-electron chi connectivity index (χ0n) is 16.3. The molecule has 29 heavy (non-hydrogen) atoms. The van der Waals surface area contributed by atoms with Crippen LogP contribution >= 0.6 is 11.3 Å². The summed E-state index contributed by atoms with van der Waals surface area (Å²) in [4.78, 5) is 16.8. The Bertz CT molecular complexity index is 953. The largest absolute Gasteiger partial charge is 0.494 e. The van der Waals surface area contributed by atoms with Gasteiger partial charge in [-0.2, -0.15) is 5.10 Å². The number of aromatic nitrogens is 1. The molecule has 1 aromatic heterocycles. The monoisotopic (exact) mass is 408 g/mol. The Morgan fingerprint density at radius 1 is 1.21 bits per heavy atom. The minimum atomic E-state index is -0.300. The van der Waals surface area contributed by atoms with E-state index in [0.29, 0.717) is 28.7 Å². The maximum absolute atomic E-state index is 12.2. The molecule has 0 bridgehead atoms. The third kappa shape index (κ3) is 6.15. The van der Waals surface area contributed by atoms with E-state index in [4.69, 9.17) is 10.5 Å². The normalized spacial score (nSPS) is 10.9. The molecule has 0 aliphatic heterocycles. The minimum absolute atomic E-state index is 0.300. The lowest BCUT2D eigenvalue weighted by Crippen LogP contribution is -2.17. The Morgan fingerprint density at radius 3 is 2.69 bits per heavy atom. The van der Waals surface area contributed by atoms with Crippen LogP contribution < -0.4 is 15.9 Å². The van der Waals surface area contributed by atoms with Crippen molar-refractivity contribution in [3.63, 3.8) is 0 Å². The standard InChI is InChI=1S/C22H24N4O2S/c1-2-19-20(29-22(23)25-19)21(27)26-24-15-17-10-12-18(13-11-17)28-14-6-9-16-7-4-3-5-8-16/h3-5,7-8,10-13,15H,2,6,9,14H2,1H3,(H2,23,25)(H,26,27)/b24-15-. The van der Waals surface area contributed by atoms with Crippen molar-refractivity contribution in [2.75, 3.05) is 12.3 Å². The van der Waals surface area contributed by atoms with E-state index in [0.717, 1.165) is 24.2 Å². The van der Waals surface area contributed by atoms with E-state index in [1.165, 1.54) is 16.9 Å². The van der Waals surface area contributed by atoms with Crippen molar-refractivity contribution in [3.8, 4) is 5.75 Å². The number of hydrogen-bond acceptors (Lipinski definition) is 6. The van der Waals surface area contributed by atoms with Crippen LogP contribution in [-0.2, 0) is 12.8 Å². The summed E-state index contributed by atoms with van der Waals surface area (Å²) in [6, 6.07) is 17.9. The molecule has 0 aliphatic rings. The number of ether oxygens (including phenoxy) is 1. The fourth-order valence-electron chi connectivity index (χ4n) is 2.76. The van der Waals surface area contributed by atoms with Gasteiger partial charge in [-0.05, 0) is 54.7 Å². The number of hydrogen-bond donors (Lipinski definition) is 2. The van der Waals surface area contributed by atoms with Gasteiger partial charge in [0, 0.05) is 0 Å². The quantitative estimate of drug-likeness (QED) is 0.317. The van der Waals surface area contributed by atoms with Crippen molar-refractivity contribution < 1.29 is 9.53 Å². The molecule has 1 heterocycles. The highest BCUT2D eigenvalue weighted by molar-refractivity contribution is 7.17. The number of carbonyl (C=O) groups excluding carboxylic acids is 1. The molecule has 3 rings (SSSR count). The lowest BCUT2D eigenvalue weighted by atomic mass is 10.1. The molecule has 7 heteroatoms. The summed E-state index contributed by atoms with van der Waals surface area (Å²) in [7, 11) is 0. The first kappa shape index (κ1) is 20.5. The molecule has 0 aliphatic carbocycles. The smallest absolute Gasteiger partial charge is 0.283 e. The number of anilines is 1. The molecule has 0 unspecified atom stereocenters. The topological polar surface area (TPSA) is 89.6 Å². The fraction of sp³-hybridized carbons (Fsp3) is 0.227. The summed E-state index contributed by atoms with van der Waals surface area (Å²) in [6.07, 6.45) is 4.19. The van der Waals surface area contributed by atoms with E-state index in [2.05, 4.69) is 27.6 Å². The second-order valence-corrected chi connectivity index (χ2v) is 7.42. The molecule has 0 spiro atoms. The number of aryl methyl sites for hydroxylation is 2. The number of rotatable bonds is 9. The number of amides is 1. The maximum atomic E-state index is 12.2. The Hall–Kier alpha value is -3.19. The molecule has 3 aromatic rings. The zero-order valence-corrected chi connectivity index (χ0v) is 17.1. The molecule has 0 fully saturated rings. The molecule has 0 saturated carbocycles. The Balaban J connectivity index is 1.44. The van der Waals surface area contributed by atoms with Crippen molar-refractivity contribution in [2.45, 2.75) is 26.2 Å². The summed E-state index contributed by atoms with van der Waals surface area (Å²) < 4.78 is 5.78. The number of benzene rings is 2. The maximum Gasteiger partial charge on any atom is 0.283 e. The molecule has 0 saturated heterocycles. The molecule has 0 atom stereocenters. The average molecular weight is 409 g/mol. The van der Waals surface area contributed by atoms with Crippen LogP contribution in [0.15, 0.2) is 59.7 Å². The van der Waals surface area contributed by atoms with E-state index in [1.807, 2.05) is 49.4 Å². The third-order valence-electron chi connectivity index (χ3n) is 4.24. The van der Waals surface area contributed by atoms with Gasteiger partial charge in [-0.1, -0.05) is 48.6 Å². The van der Waals surface area contributed by atoms with E-state index in [9.17, 15) is 4.79 Å². The SMILES string of the molecule is CCc1nc(N)sc1C(=O)N/N=C\c1ccc(OCCCc2ccccc2)cc1. The van der Waals surface area contributed by atoms with E-state index < -0.39 is 0 Å². The lowest BCUT2D eigenvalue weighted by molar-refractivity contribution is 0.0958. The molecule has 2 aromatic carbocycles. The van der Waals surface area contributed by atoms with Gasteiger partial charge >= 0.3 is 0 Å². The summed E-state index contributed by atoms with van der Waals surface area (Å²) in [6.45, 7) is 2.59. The summed E-state index contributed by atoms with van der Waals surface area (Å²) >= 11 is 1.17. The third-order valence-corrected chi connectivity index (χ3v) is 5.16. The van der Waals surface area contributed by atoms with Gasteiger partial charge in [0.15, 0.2) is 5.13 Å². The Morgan fingerprint density at radius 2 is 1.97 bits per heavy atom. The second-order valence-electron chi connectivity index (χ2n) is 6.39. The summed E-state index contributed by atoms with van der Waals surface area (Å²) in [5, 5.41) is 4.40. The van der Waals surface area contributed by atoms with Crippen molar-refractivity contribution in [3.05, 3.63) is 76.3 Å². The number of nitrogen functional groups attached to an aromatic ring is 1. The van der Waals surface area contributed by atoms with Crippen LogP contribution in [0.5, 0.6) is 5.75 Å². The number of carbonyl (C=O) groups is 1. The van der Waals surface area contributed by atoms with Crippen LogP contribution in [-0.4, -0.2) is 23.7 Å². The second kappa shape index (κ2) is 10.4. The van der Waals surface area contributed by atoms with E-state index in [-0.39, 0.29) is 5.91 Å². The molecule has 3 N–H and O–H groups in total. The van der Waals surface area contributed by atoms with Crippen LogP contribution in [0.2, 0.25) is 0 Å². The first-order chi connectivity index (χ1) is 14.2. The lowest BCUT2D eigenvalue weighted by Gasteiger charge is -2.06. The first-order valence-corrected chi connectivity index (χ1v) is 10.3. The molecular weight excluding hydrogens is 384 g/mol. The number of nitrogens with two attached hydrogens (primary N) is 1. The van der Waals surface area contributed by atoms with Gasteiger partial charge in [-0.25, -0.2) is 10.4 Å². The highest BCUT2D eigenvalue weighted by Gasteiger charge is 2.15. The molecular formula is C22H24N4O2S. The van der Waals surface area contributed by atoms with E-state index in [1.54, 1.807) is 6.21 Å². The number of nitrogens with zero attached hydrogens (tertiary/aromatic N) is 2. The van der Waals surface area contributed by atoms with Crippen LogP contribution in [0.1, 0.15) is 39.8 Å². The van der Waals surface area contributed by atoms with Gasteiger partial charge in [0.2, 0.25) is 0 Å². The van der Waals surface area contributed by atoms with Crippen LogP contribution in [0.25, 0.3) is 0 Å². The number of hydrazone groups is 1. The van der Waals surface area contributed by atoms with Gasteiger partial charge in [0.05, 0.1) is 18.5 Å². The van der Waals surface area contributed by atoms with Gasteiger partial charge in [-0.3, -0.25) is 4.79 Å². The van der Waals surface area contributed by atoms with Crippen LogP contribution in [0.3, 0.4) is 0 Å². The predicted octanol–water partition coefficient (Wildman–Crippen LogP) is 4.06. The highest BCUT2D eigenvalue weighted by atomic mass is 32.1. The molecule has 0 radical (unpaired) electrons. The summed E-state index contributed by atoms with van der Waals surface area (Å²) in [5.74, 6) is 0.512. The molecule has 1 amide bonds. The minimum Gasteiger partial charge on any atom is -0.494 e. The highest BCUT2D eigenvalue weighted by Crippen LogP contribution is 2.20. The van der Waals surface area contributed by atoms with Crippen LogP contribution in [0.4, 0.5) is 5.13 Å². The van der Waals surface area contributed by atoms with Gasteiger partial charge < -0.3 is 10.5 Å². The average Bonchev–Trinajstić information content (AvgIpc) is 3.14. The van der Waals surface area contributed by atoms with Gasteiger partial charge in [0.25, 0.3) is 5.91 Å². The zero-order chi connectivity index (χ0) is 20.5. The van der Waals surface area contributed by atoms with Crippen molar-refractivity contribution in [1.29, 1.82) is 0 Å². The molecule has 6 nitrogen and oxygen atoms in total. The Labute approximate surface area is 174 Å². The van der Waals surface area contributed by atoms with Gasteiger partial charge in [0.1, 0.15) is 10.6 Å². The van der Waals surface area contributed by atoms with Crippen molar-refractivity contribution >= 4 is 28.6 Å². The van der Waals surface area contributed by atoms with Crippen molar-refractivity contribution in [2.24, 2.45) is 5.10 Å². The van der Waals surface area contributed by atoms with E-state index >= 15 is 0 Å². The fourth-order valence-corrected chi connectivity index (χ4v) is 3.58. The number of thiazole rings is 1. The Kier molecular flexibility index (Phi) is 7.35. The molecule has 150 valence electrons. The van der Waals surface area contributed by atoms with Gasteiger partial charge in [-0.15, -0.1) is 0 Å². The predicted molar refractivity (Wildman–Crippen MR) is 118 cm³/mol. The number of nitrogens with one attached hydrogen (secondary N) is 1. The van der Waals surface area contributed by atoms with Crippen molar-refractivity contribution in [1.82, 2.24) is 10.4 Å². The summed E-state index contributed by atoms with van der Waals surface area (Å²) in [5.41, 5.74) is 11.1. The van der Waals surface area contributed by atoms with Crippen LogP contribution in [0, 0.1) is 0 Å². The first-order valence-electron chi connectivity index (χ1n) is 9.51.